The Balaban J connectivity index is 2.34. The molecule has 0 unspecified atom stereocenters. The van der Waals surface area contributed by atoms with E-state index in [1.165, 1.54) is 0 Å². The first kappa shape index (κ1) is 14.9. The van der Waals surface area contributed by atoms with Crippen LogP contribution >= 0.6 is 11.6 Å². The third kappa shape index (κ3) is 3.17. The highest BCUT2D eigenvalue weighted by molar-refractivity contribution is 6.33. The van der Waals surface area contributed by atoms with E-state index < -0.39 is 17.6 Å². The molecule has 0 bridgehead atoms. The van der Waals surface area contributed by atoms with Gasteiger partial charge in [0.2, 0.25) is 5.91 Å². The van der Waals surface area contributed by atoms with Gasteiger partial charge in [-0.05, 0) is 30.7 Å². The van der Waals surface area contributed by atoms with Gasteiger partial charge in [-0.1, -0.05) is 17.7 Å². The molecule has 21 heavy (non-hydrogen) atoms. The predicted molar refractivity (Wildman–Crippen MR) is 76.9 cm³/mol. The first-order valence-electron chi connectivity index (χ1n) is 5.92. The van der Waals surface area contributed by atoms with E-state index in [9.17, 15) is 14.0 Å². The highest BCUT2D eigenvalue weighted by Gasteiger charge is 2.15. The molecule has 0 aliphatic heterocycles. The van der Waals surface area contributed by atoms with Crippen LogP contribution in [0.5, 0.6) is 0 Å². The van der Waals surface area contributed by atoms with Crippen molar-refractivity contribution in [2.75, 3.05) is 5.32 Å². The SMILES string of the molecule is Cc1c(NC(=O)c2cc(F)cnc2Cl)cccc1C(N)=O. The van der Waals surface area contributed by atoms with Crippen LogP contribution < -0.4 is 11.1 Å². The number of nitrogens with two attached hydrogens (primary N) is 1. The predicted octanol–water partition coefficient (Wildman–Crippen LogP) is 2.53. The summed E-state index contributed by atoms with van der Waals surface area (Å²) in [6.07, 6.45) is 0.915. The molecule has 0 saturated carbocycles. The van der Waals surface area contributed by atoms with Crippen LogP contribution in [0.3, 0.4) is 0 Å². The lowest BCUT2D eigenvalue weighted by atomic mass is 10.1. The minimum absolute atomic E-state index is 0.0967. The molecule has 0 radical (unpaired) electrons. The molecule has 0 aliphatic carbocycles. The monoisotopic (exact) mass is 307 g/mol. The van der Waals surface area contributed by atoms with Crippen molar-refractivity contribution in [3.63, 3.8) is 0 Å². The summed E-state index contributed by atoms with van der Waals surface area (Å²) in [6.45, 7) is 1.64. The molecule has 1 aromatic heterocycles. The lowest BCUT2D eigenvalue weighted by Gasteiger charge is -2.11. The molecule has 0 aliphatic rings. The van der Waals surface area contributed by atoms with E-state index in [2.05, 4.69) is 10.3 Å². The van der Waals surface area contributed by atoms with Crippen LogP contribution in [0, 0.1) is 12.7 Å². The van der Waals surface area contributed by atoms with Crippen molar-refractivity contribution in [2.24, 2.45) is 5.73 Å². The molecule has 2 aromatic rings. The number of pyridine rings is 1. The normalized spacial score (nSPS) is 10.2. The quantitative estimate of drug-likeness (QED) is 0.854. The summed E-state index contributed by atoms with van der Waals surface area (Å²) in [5, 5.41) is 2.44. The third-order valence-corrected chi connectivity index (χ3v) is 3.20. The summed E-state index contributed by atoms with van der Waals surface area (Å²) >= 11 is 5.77. The third-order valence-electron chi connectivity index (χ3n) is 2.90. The largest absolute Gasteiger partial charge is 0.366 e. The van der Waals surface area contributed by atoms with Crippen LogP contribution in [0.4, 0.5) is 10.1 Å². The second-order valence-electron chi connectivity index (χ2n) is 4.29. The van der Waals surface area contributed by atoms with Gasteiger partial charge in [0, 0.05) is 11.3 Å². The zero-order chi connectivity index (χ0) is 15.6. The van der Waals surface area contributed by atoms with E-state index in [0.717, 1.165) is 12.3 Å². The van der Waals surface area contributed by atoms with E-state index in [1.54, 1.807) is 25.1 Å². The van der Waals surface area contributed by atoms with Crippen LogP contribution in [0.25, 0.3) is 0 Å². The van der Waals surface area contributed by atoms with Gasteiger partial charge in [0.05, 0.1) is 11.8 Å². The van der Waals surface area contributed by atoms with Crippen molar-refractivity contribution in [3.8, 4) is 0 Å². The van der Waals surface area contributed by atoms with E-state index in [-0.39, 0.29) is 16.3 Å². The smallest absolute Gasteiger partial charge is 0.258 e. The fourth-order valence-corrected chi connectivity index (χ4v) is 2.00. The average Bonchev–Trinajstić information content (AvgIpc) is 2.43. The molecule has 0 spiro atoms. The number of amides is 2. The Bertz CT molecular complexity index is 734. The number of carbonyl (C=O) groups excluding carboxylic acids is 2. The minimum atomic E-state index is -0.674. The zero-order valence-electron chi connectivity index (χ0n) is 11.0. The van der Waals surface area contributed by atoms with Crippen LogP contribution in [0.1, 0.15) is 26.3 Å². The van der Waals surface area contributed by atoms with Crippen molar-refractivity contribution in [3.05, 3.63) is 58.1 Å². The van der Waals surface area contributed by atoms with Crippen LogP contribution in [-0.4, -0.2) is 16.8 Å². The number of hydrogen-bond donors (Lipinski definition) is 2. The number of hydrogen-bond acceptors (Lipinski definition) is 3. The van der Waals surface area contributed by atoms with Gasteiger partial charge < -0.3 is 11.1 Å². The maximum Gasteiger partial charge on any atom is 0.258 e. The first-order valence-corrected chi connectivity index (χ1v) is 6.29. The van der Waals surface area contributed by atoms with Gasteiger partial charge in [-0.15, -0.1) is 0 Å². The Morgan fingerprint density at radius 3 is 2.71 bits per heavy atom. The van der Waals surface area contributed by atoms with Crippen LogP contribution in [0.15, 0.2) is 30.5 Å². The number of carbonyl (C=O) groups is 2. The average molecular weight is 308 g/mol. The number of nitrogens with one attached hydrogen (secondary N) is 1. The number of halogens is 2. The highest BCUT2D eigenvalue weighted by Crippen LogP contribution is 2.21. The first-order chi connectivity index (χ1) is 9.90. The summed E-state index contributed by atoms with van der Waals surface area (Å²) in [5.41, 5.74) is 6.33. The fourth-order valence-electron chi connectivity index (χ4n) is 1.81. The summed E-state index contributed by atoms with van der Waals surface area (Å²) in [4.78, 5) is 26.9. The van der Waals surface area contributed by atoms with Gasteiger partial charge >= 0.3 is 0 Å². The lowest BCUT2D eigenvalue weighted by Crippen LogP contribution is -2.17. The molecular weight excluding hydrogens is 297 g/mol. The van der Waals surface area contributed by atoms with E-state index in [0.29, 0.717) is 11.3 Å². The van der Waals surface area contributed by atoms with Crippen molar-refractivity contribution in [1.29, 1.82) is 0 Å². The fraction of sp³-hybridized carbons (Fsp3) is 0.0714. The molecule has 7 heteroatoms. The molecular formula is C14H11ClFN3O2. The number of primary amides is 1. The standard InChI is InChI=1S/C14H11ClFN3O2/c1-7-9(13(17)20)3-2-4-11(7)19-14(21)10-5-8(16)6-18-12(10)15/h2-6H,1H3,(H2,17,20)(H,19,21). The molecule has 0 fully saturated rings. The summed E-state index contributed by atoms with van der Waals surface area (Å²) in [5.74, 6) is -1.90. The van der Waals surface area contributed by atoms with Crippen molar-refractivity contribution >= 4 is 29.1 Å². The number of benzene rings is 1. The van der Waals surface area contributed by atoms with Crippen LogP contribution in [-0.2, 0) is 0 Å². The maximum atomic E-state index is 13.1. The van der Waals surface area contributed by atoms with Gasteiger partial charge in [0.1, 0.15) is 11.0 Å². The minimum Gasteiger partial charge on any atom is -0.366 e. The molecule has 1 heterocycles. The van der Waals surface area contributed by atoms with Gasteiger partial charge in [0.25, 0.3) is 5.91 Å². The van der Waals surface area contributed by atoms with Crippen LogP contribution in [0.2, 0.25) is 5.15 Å². The van der Waals surface area contributed by atoms with Gasteiger partial charge in [-0.2, -0.15) is 0 Å². The van der Waals surface area contributed by atoms with Crippen molar-refractivity contribution < 1.29 is 14.0 Å². The Morgan fingerprint density at radius 2 is 2.05 bits per heavy atom. The second kappa shape index (κ2) is 5.88. The number of nitrogens with zero attached hydrogens (tertiary/aromatic N) is 1. The Labute approximate surface area is 124 Å². The Kier molecular flexibility index (Phi) is 4.18. The lowest BCUT2D eigenvalue weighted by molar-refractivity contribution is 0.0995. The van der Waals surface area contributed by atoms with E-state index >= 15 is 0 Å². The molecule has 3 N–H and O–H groups in total. The molecule has 5 nitrogen and oxygen atoms in total. The molecule has 0 saturated heterocycles. The molecule has 0 atom stereocenters. The molecule has 2 rings (SSSR count). The summed E-state index contributed by atoms with van der Waals surface area (Å²) in [7, 11) is 0. The molecule has 108 valence electrons. The van der Waals surface area contributed by atoms with E-state index in [4.69, 9.17) is 17.3 Å². The number of aromatic nitrogens is 1. The summed E-state index contributed by atoms with van der Waals surface area (Å²) < 4.78 is 13.1. The van der Waals surface area contributed by atoms with Gasteiger partial charge in [-0.25, -0.2) is 9.37 Å². The Hall–Kier alpha value is -2.47. The van der Waals surface area contributed by atoms with Gasteiger partial charge in [-0.3, -0.25) is 9.59 Å². The van der Waals surface area contributed by atoms with Gasteiger partial charge in [0.15, 0.2) is 0 Å². The van der Waals surface area contributed by atoms with Crippen molar-refractivity contribution in [1.82, 2.24) is 4.98 Å². The second-order valence-corrected chi connectivity index (χ2v) is 4.65. The Morgan fingerprint density at radius 1 is 1.33 bits per heavy atom. The molecule has 1 aromatic carbocycles. The van der Waals surface area contributed by atoms with E-state index in [1.807, 2.05) is 0 Å². The number of rotatable bonds is 3. The molecule has 2 amide bonds. The van der Waals surface area contributed by atoms with Crippen molar-refractivity contribution in [2.45, 2.75) is 6.92 Å². The highest BCUT2D eigenvalue weighted by atomic mass is 35.5. The zero-order valence-corrected chi connectivity index (χ0v) is 11.7. The topological polar surface area (TPSA) is 85.1 Å². The number of anilines is 1. The summed E-state index contributed by atoms with van der Waals surface area (Å²) in [6, 6.07) is 5.70. The maximum absolute atomic E-state index is 13.1.